The topological polar surface area (TPSA) is 48.3 Å². The fourth-order valence-electron chi connectivity index (χ4n) is 2.12. The number of hydrogen-bond acceptors (Lipinski definition) is 4. The van der Waals surface area contributed by atoms with Crippen molar-refractivity contribution in [2.45, 2.75) is 6.10 Å². The number of hydrogen-bond donors (Lipinski definition) is 1. The summed E-state index contributed by atoms with van der Waals surface area (Å²) in [5.41, 5.74) is 0.884. The highest BCUT2D eigenvalue weighted by Gasteiger charge is 2.22. The number of ether oxygens (including phenoxy) is 1. The van der Waals surface area contributed by atoms with Crippen molar-refractivity contribution in [2.24, 2.45) is 0 Å². The number of rotatable bonds is 3. The molecule has 1 aromatic rings. The Kier molecular flexibility index (Phi) is 4.13. The molecule has 0 saturated carbocycles. The number of anilines is 1. The van der Waals surface area contributed by atoms with Gasteiger partial charge in [-0.25, -0.2) is 4.39 Å². The van der Waals surface area contributed by atoms with Crippen LogP contribution in [0.4, 0.5) is 10.1 Å². The van der Waals surface area contributed by atoms with E-state index in [-0.39, 0.29) is 11.9 Å². The van der Waals surface area contributed by atoms with E-state index in [0.29, 0.717) is 30.9 Å². The number of morpholine rings is 1. The quantitative estimate of drug-likeness (QED) is 0.872. The van der Waals surface area contributed by atoms with Gasteiger partial charge in [0.05, 0.1) is 30.0 Å². The Morgan fingerprint density at radius 2 is 2.44 bits per heavy atom. The van der Waals surface area contributed by atoms with Gasteiger partial charge < -0.3 is 15.0 Å². The second-order valence-electron chi connectivity index (χ2n) is 4.27. The molecule has 96 valence electrons. The first kappa shape index (κ1) is 12.8. The smallest absolute Gasteiger partial charge is 0.147 e. The summed E-state index contributed by atoms with van der Waals surface area (Å²) >= 11 is 0. The molecule has 1 aliphatic rings. The summed E-state index contributed by atoms with van der Waals surface area (Å²) in [5.74, 6) is -0.348. The van der Waals surface area contributed by atoms with Crippen LogP contribution in [0.1, 0.15) is 5.56 Å². The highest BCUT2D eigenvalue weighted by Crippen LogP contribution is 2.22. The van der Waals surface area contributed by atoms with Crippen molar-refractivity contribution < 1.29 is 9.13 Å². The zero-order valence-corrected chi connectivity index (χ0v) is 10.3. The fourth-order valence-corrected chi connectivity index (χ4v) is 2.12. The van der Waals surface area contributed by atoms with Gasteiger partial charge in [0.15, 0.2) is 0 Å². The first-order chi connectivity index (χ1) is 8.74. The van der Waals surface area contributed by atoms with Gasteiger partial charge >= 0.3 is 0 Å². The second-order valence-corrected chi connectivity index (χ2v) is 4.27. The molecule has 1 N–H and O–H groups in total. The lowest BCUT2D eigenvalue weighted by Gasteiger charge is -2.34. The highest BCUT2D eigenvalue weighted by molar-refractivity contribution is 5.51. The SMILES string of the molecule is CNCC1CN(c2ccc(C#N)cc2F)CCO1. The van der Waals surface area contributed by atoms with Crippen molar-refractivity contribution >= 4 is 5.69 Å². The second kappa shape index (κ2) is 5.80. The Balaban J connectivity index is 2.13. The summed E-state index contributed by atoms with van der Waals surface area (Å²) in [5, 5.41) is 11.8. The van der Waals surface area contributed by atoms with E-state index in [2.05, 4.69) is 5.32 Å². The van der Waals surface area contributed by atoms with Crippen LogP contribution in [0.3, 0.4) is 0 Å². The van der Waals surface area contributed by atoms with Gasteiger partial charge in [-0.3, -0.25) is 0 Å². The molecule has 0 radical (unpaired) electrons. The molecule has 4 nitrogen and oxygen atoms in total. The Morgan fingerprint density at radius 3 is 3.11 bits per heavy atom. The monoisotopic (exact) mass is 249 g/mol. The predicted molar refractivity (Wildman–Crippen MR) is 67.0 cm³/mol. The lowest BCUT2D eigenvalue weighted by molar-refractivity contribution is 0.0419. The van der Waals surface area contributed by atoms with Crippen molar-refractivity contribution in [3.05, 3.63) is 29.6 Å². The molecule has 1 unspecified atom stereocenters. The molecular formula is C13H16FN3O. The Bertz CT molecular complexity index is 456. The number of benzene rings is 1. The molecule has 1 aliphatic heterocycles. The van der Waals surface area contributed by atoms with E-state index >= 15 is 0 Å². The van der Waals surface area contributed by atoms with E-state index in [1.807, 2.05) is 18.0 Å². The van der Waals surface area contributed by atoms with E-state index in [9.17, 15) is 4.39 Å². The minimum absolute atomic E-state index is 0.0683. The van der Waals surface area contributed by atoms with Crippen LogP contribution < -0.4 is 10.2 Å². The maximum atomic E-state index is 13.9. The molecule has 18 heavy (non-hydrogen) atoms. The number of nitrogens with one attached hydrogen (secondary N) is 1. The van der Waals surface area contributed by atoms with Crippen molar-refractivity contribution in [3.8, 4) is 6.07 Å². The number of nitriles is 1. The zero-order valence-electron chi connectivity index (χ0n) is 10.3. The van der Waals surface area contributed by atoms with E-state index < -0.39 is 0 Å². The number of likely N-dealkylation sites (N-methyl/N-ethyl adjacent to an activating group) is 1. The Morgan fingerprint density at radius 1 is 1.61 bits per heavy atom. The Hall–Kier alpha value is -1.64. The van der Waals surface area contributed by atoms with Crippen LogP contribution in [-0.4, -0.2) is 39.4 Å². The molecule has 1 heterocycles. The summed E-state index contributed by atoms with van der Waals surface area (Å²) in [7, 11) is 1.87. The molecule has 0 amide bonds. The molecule has 1 aromatic carbocycles. The average Bonchev–Trinajstić information content (AvgIpc) is 2.39. The molecule has 5 heteroatoms. The van der Waals surface area contributed by atoms with Crippen LogP contribution in [0, 0.1) is 17.1 Å². The molecule has 0 aliphatic carbocycles. The van der Waals surface area contributed by atoms with E-state index in [4.69, 9.17) is 10.00 Å². The summed E-state index contributed by atoms with van der Waals surface area (Å²) < 4.78 is 19.5. The van der Waals surface area contributed by atoms with Crippen molar-refractivity contribution in [1.82, 2.24) is 5.32 Å². The van der Waals surface area contributed by atoms with Crippen LogP contribution in [0.15, 0.2) is 18.2 Å². The first-order valence-corrected chi connectivity index (χ1v) is 5.95. The fraction of sp³-hybridized carbons (Fsp3) is 0.462. The van der Waals surface area contributed by atoms with Crippen LogP contribution in [0.2, 0.25) is 0 Å². The van der Waals surface area contributed by atoms with Crippen LogP contribution >= 0.6 is 0 Å². The minimum atomic E-state index is -0.348. The normalized spacial score (nSPS) is 19.6. The lowest BCUT2D eigenvalue weighted by Crippen LogP contribution is -2.46. The summed E-state index contributed by atoms with van der Waals surface area (Å²) in [4.78, 5) is 1.96. The van der Waals surface area contributed by atoms with Crippen molar-refractivity contribution in [1.29, 1.82) is 5.26 Å². The third kappa shape index (κ3) is 2.78. The van der Waals surface area contributed by atoms with Gasteiger partial charge in [0.25, 0.3) is 0 Å². The molecule has 1 saturated heterocycles. The Labute approximate surface area is 106 Å². The van der Waals surface area contributed by atoms with Gasteiger partial charge in [-0.2, -0.15) is 5.26 Å². The first-order valence-electron chi connectivity index (χ1n) is 5.95. The number of nitrogens with zero attached hydrogens (tertiary/aromatic N) is 2. The van der Waals surface area contributed by atoms with Crippen molar-refractivity contribution in [2.75, 3.05) is 38.2 Å². The summed E-state index contributed by atoms with van der Waals surface area (Å²) in [6.07, 6.45) is 0.0683. The van der Waals surface area contributed by atoms with Gasteiger partial charge in [-0.05, 0) is 25.2 Å². The van der Waals surface area contributed by atoms with E-state index in [1.54, 1.807) is 12.1 Å². The van der Waals surface area contributed by atoms with Crippen LogP contribution in [-0.2, 0) is 4.74 Å². The molecule has 0 bridgehead atoms. The number of halogens is 1. The maximum absolute atomic E-state index is 13.9. The maximum Gasteiger partial charge on any atom is 0.147 e. The van der Waals surface area contributed by atoms with Gasteiger partial charge in [-0.15, -0.1) is 0 Å². The van der Waals surface area contributed by atoms with E-state index in [1.165, 1.54) is 6.07 Å². The highest BCUT2D eigenvalue weighted by atomic mass is 19.1. The van der Waals surface area contributed by atoms with Gasteiger partial charge in [0, 0.05) is 19.6 Å². The largest absolute Gasteiger partial charge is 0.373 e. The standard InChI is InChI=1S/C13H16FN3O/c1-16-8-11-9-17(4-5-18-11)13-3-2-10(7-15)6-12(13)14/h2-3,6,11,16H,4-5,8-9H2,1H3. The summed E-state index contributed by atoms with van der Waals surface area (Å²) in [6.45, 7) is 2.66. The molecule has 2 rings (SSSR count). The van der Waals surface area contributed by atoms with Crippen LogP contribution in [0.25, 0.3) is 0 Å². The molecule has 0 spiro atoms. The van der Waals surface area contributed by atoms with E-state index in [0.717, 1.165) is 6.54 Å². The van der Waals surface area contributed by atoms with Gasteiger partial charge in [0.1, 0.15) is 5.82 Å². The average molecular weight is 249 g/mol. The minimum Gasteiger partial charge on any atom is -0.373 e. The third-order valence-electron chi connectivity index (χ3n) is 2.99. The van der Waals surface area contributed by atoms with Gasteiger partial charge in [0.2, 0.25) is 0 Å². The lowest BCUT2D eigenvalue weighted by atomic mass is 10.1. The van der Waals surface area contributed by atoms with Crippen LogP contribution in [0.5, 0.6) is 0 Å². The molecular weight excluding hydrogens is 233 g/mol. The predicted octanol–water partition coefficient (Wildman–Crippen LogP) is 1.12. The zero-order chi connectivity index (χ0) is 13.0. The molecule has 1 fully saturated rings. The van der Waals surface area contributed by atoms with Gasteiger partial charge in [-0.1, -0.05) is 0 Å². The third-order valence-corrected chi connectivity index (χ3v) is 2.99. The molecule has 0 aromatic heterocycles. The molecule has 1 atom stereocenters. The van der Waals surface area contributed by atoms with Crippen molar-refractivity contribution in [3.63, 3.8) is 0 Å². The summed E-state index contributed by atoms with van der Waals surface area (Å²) in [6, 6.07) is 6.51.